The summed E-state index contributed by atoms with van der Waals surface area (Å²) < 4.78 is 1.10. The summed E-state index contributed by atoms with van der Waals surface area (Å²) >= 11 is 5.19. The van der Waals surface area contributed by atoms with Crippen LogP contribution in [0.4, 0.5) is 0 Å². The molecule has 0 atom stereocenters. The summed E-state index contributed by atoms with van der Waals surface area (Å²) in [6.07, 6.45) is 0. The minimum absolute atomic E-state index is 0.0675. The van der Waals surface area contributed by atoms with Gasteiger partial charge in [-0.15, -0.1) is 11.3 Å². The van der Waals surface area contributed by atoms with Gasteiger partial charge in [0.05, 0.1) is 6.54 Å². The molecule has 0 amide bonds. The molecule has 1 aromatic heterocycles. The largest absolute Gasteiger partial charge is 0.480 e. The molecule has 0 bridgehead atoms. The molecule has 0 aliphatic rings. The fourth-order valence-corrected chi connectivity index (χ4v) is 3.09. The van der Waals surface area contributed by atoms with E-state index in [-0.39, 0.29) is 12.1 Å². The van der Waals surface area contributed by atoms with E-state index in [4.69, 9.17) is 5.11 Å². The van der Waals surface area contributed by atoms with Crippen molar-refractivity contribution in [2.75, 3.05) is 6.54 Å². The highest BCUT2D eigenvalue weighted by molar-refractivity contribution is 9.10. The van der Waals surface area contributed by atoms with E-state index >= 15 is 0 Å². The zero-order chi connectivity index (χ0) is 13.2. The lowest BCUT2D eigenvalue weighted by Crippen LogP contribution is -2.43. The summed E-state index contributed by atoms with van der Waals surface area (Å²) in [6, 6.07) is 2.07. The quantitative estimate of drug-likeness (QED) is 0.923. The molecule has 1 aromatic rings. The Morgan fingerprint density at radius 1 is 1.53 bits per heavy atom. The minimum atomic E-state index is -0.785. The smallest absolute Gasteiger partial charge is 0.317 e. The lowest BCUT2D eigenvalue weighted by molar-refractivity contribution is -0.139. The fraction of sp³-hybridized carbons (Fsp3) is 0.583. The van der Waals surface area contributed by atoms with Crippen LogP contribution in [0.2, 0.25) is 0 Å². The Kier molecular flexibility index (Phi) is 4.75. The SMILES string of the molecule is Cc1sc(CN(CC(=O)O)C(C)(C)C)cc1Br. The van der Waals surface area contributed by atoms with Gasteiger partial charge in [-0.05, 0) is 49.7 Å². The van der Waals surface area contributed by atoms with Crippen molar-refractivity contribution in [3.05, 3.63) is 20.3 Å². The van der Waals surface area contributed by atoms with Crippen molar-refractivity contribution in [3.63, 3.8) is 0 Å². The third-order valence-corrected chi connectivity index (χ3v) is 4.65. The molecule has 3 nitrogen and oxygen atoms in total. The van der Waals surface area contributed by atoms with Gasteiger partial charge in [0.15, 0.2) is 0 Å². The third kappa shape index (κ3) is 4.41. The van der Waals surface area contributed by atoms with Crippen molar-refractivity contribution in [2.45, 2.75) is 39.8 Å². The molecule has 0 saturated carbocycles. The molecule has 17 heavy (non-hydrogen) atoms. The highest BCUT2D eigenvalue weighted by Gasteiger charge is 2.24. The first kappa shape index (κ1) is 14.7. The number of carbonyl (C=O) groups is 1. The molecular formula is C12H18BrNO2S. The Balaban J connectivity index is 2.82. The minimum Gasteiger partial charge on any atom is -0.480 e. The number of aliphatic carboxylic acids is 1. The van der Waals surface area contributed by atoms with Crippen LogP contribution in [0.1, 0.15) is 30.5 Å². The van der Waals surface area contributed by atoms with Crippen LogP contribution in [0.15, 0.2) is 10.5 Å². The number of rotatable bonds is 4. The molecule has 0 saturated heterocycles. The third-order valence-electron chi connectivity index (χ3n) is 2.53. The van der Waals surface area contributed by atoms with Crippen LogP contribution in [0.25, 0.3) is 0 Å². The summed E-state index contributed by atoms with van der Waals surface area (Å²) in [7, 11) is 0. The molecular weight excluding hydrogens is 302 g/mol. The maximum absolute atomic E-state index is 10.9. The second-order valence-corrected chi connectivity index (χ2v) is 7.23. The number of hydrogen-bond acceptors (Lipinski definition) is 3. The van der Waals surface area contributed by atoms with Crippen LogP contribution in [0.5, 0.6) is 0 Å². The van der Waals surface area contributed by atoms with E-state index in [0.717, 1.165) is 4.47 Å². The number of hydrogen-bond donors (Lipinski definition) is 1. The average molecular weight is 320 g/mol. The fourth-order valence-electron chi connectivity index (χ4n) is 1.48. The molecule has 5 heteroatoms. The van der Waals surface area contributed by atoms with Gasteiger partial charge in [0.25, 0.3) is 0 Å². The first-order chi connectivity index (χ1) is 7.70. The van der Waals surface area contributed by atoms with E-state index < -0.39 is 5.97 Å². The molecule has 0 spiro atoms. The Bertz CT molecular complexity index is 390. The number of aryl methyl sites for hydroxylation is 1. The van der Waals surface area contributed by atoms with E-state index in [0.29, 0.717) is 6.54 Å². The molecule has 0 fully saturated rings. The lowest BCUT2D eigenvalue weighted by Gasteiger charge is -2.33. The topological polar surface area (TPSA) is 40.5 Å². The van der Waals surface area contributed by atoms with Crippen LogP contribution in [-0.2, 0) is 11.3 Å². The van der Waals surface area contributed by atoms with Gasteiger partial charge in [0, 0.05) is 26.3 Å². The zero-order valence-electron chi connectivity index (χ0n) is 10.6. The zero-order valence-corrected chi connectivity index (χ0v) is 13.0. The second kappa shape index (κ2) is 5.50. The maximum Gasteiger partial charge on any atom is 0.317 e. The van der Waals surface area contributed by atoms with Crippen molar-refractivity contribution in [1.29, 1.82) is 0 Å². The van der Waals surface area contributed by atoms with Crippen molar-refractivity contribution < 1.29 is 9.90 Å². The second-order valence-electron chi connectivity index (χ2n) is 5.04. The highest BCUT2D eigenvalue weighted by Crippen LogP contribution is 2.28. The number of nitrogens with zero attached hydrogens (tertiary/aromatic N) is 1. The summed E-state index contributed by atoms with van der Waals surface area (Å²) in [6.45, 7) is 8.89. The number of halogens is 1. The molecule has 1 rings (SSSR count). The molecule has 96 valence electrons. The Hall–Kier alpha value is -0.390. The molecule has 0 aliphatic carbocycles. The van der Waals surface area contributed by atoms with Gasteiger partial charge in [-0.1, -0.05) is 0 Å². The Morgan fingerprint density at radius 2 is 2.12 bits per heavy atom. The van der Waals surface area contributed by atoms with Gasteiger partial charge in [-0.3, -0.25) is 9.69 Å². The van der Waals surface area contributed by atoms with Crippen molar-refractivity contribution >= 4 is 33.2 Å². The Morgan fingerprint density at radius 3 is 2.47 bits per heavy atom. The van der Waals surface area contributed by atoms with Gasteiger partial charge in [0.1, 0.15) is 0 Å². The van der Waals surface area contributed by atoms with E-state index in [2.05, 4.69) is 28.9 Å². The van der Waals surface area contributed by atoms with E-state index in [9.17, 15) is 4.79 Å². The standard InChI is InChI=1S/C12H18BrNO2S/c1-8-10(13)5-9(17-8)6-14(7-11(15)16)12(2,3)4/h5H,6-7H2,1-4H3,(H,15,16). The average Bonchev–Trinajstić information content (AvgIpc) is 2.42. The summed E-state index contributed by atoms with van der Waals surface area (Å²) in [4.78, 5) is 15.2. The first-order valence-electron chi connectivity index (χ1n) is 5.42. The van der Waals surface area contributed by atoms with E-state index in [1.807, 2.05) is 25.7 Å². The normalized spacial score (nSPS) is 12.1. The molecule has 0 aliphatic heterocycles. The lowest BCUT2D eigenvalue weighted by atomic mass is 10.1. The van der Waals surface area contributed by atoms with Crippen molar-refractivity contribution in [3.8, 4) is 0 Å². The van der Waals surface area contributed by atoms with Crippen LogP contribution in [0, 0.1) is 6.92 Å². The van der Waals surface area contributed by atoms with Gasteiger partial charge in [0.2, 0.25) is 0 Å². The molecule has 0 radical (unpaired) electrons. The number of carboxylic acid groups (broad SMARTS) is 1. The van der Waals surface area contributed by atoms with Gasteiger partial charge < -0.3 is 5.11 Å². The van der Waals surface area contributed by atoms with Crippen LogP contribution in [0.3, 0.4) is 0 Å². The van der Waals surface area contributed by atoms with E-state index in [1.54, 1.807) is 11.3 Å². The Labute approximate surface area is 115 Å². The molecule has 0 aromatic carbocycles. The number of thiophene rings is 1. The predicted octanol–water partition coefficient (Wildman–Crippen LogP) is 3.50. The molecule has 0 unspecified atom stereocenters. The summed E-state index contributed by atoms with van der Waals surface area (Å²) in [5.74, 6) is -0.785. The van der Waals surface area contributed by atoms with Crippen LogP contribution in [-0.4, -0.2) is 28.1 Å². The van der Waals surface area contributed by atoms with Gasteiger partial charge in [-0.2, -0.15) is 0 Å². The van der Waals surface area contributed by atoms with E-state index in [1.165, 1.54) is 9.75 Å². The molecule has 1 N–H and O–H groups in total. The monoisotopic (exact) mass is 319 g/mol. The van der Waals surface area contributed by atoms with Crippen LogP contribution >= 0.6 is 27.3 Å². The van der Waals surface area contributed by atoms with Gasteiger partial charge >= 0.3 is 5.97 Å². The summed E-state index contributed by atoms with van der Waals surface area (Å²) in [5.41, 5.74) is -0.150. The molecule has 1 heterocycles. The predicted molar refractivity (Wildman–Crippen MR) is 74.6 cm³/mol. The highest BCUT2D eigenvalue weighted by atomic mass is 79.9. The van der Waals surface area contributed by atoms with Gasteiger partial charge in [-0.25, -0.2) is 0 Å². The van der Waals surface area contributed by atoms with Crippen molar-refractivity contribution in [2.24, 2.45) is 0 Å². The maximum atomic E-state index is 10.9. The first-order valence-corrected chi connectivity index (χ1v) is 7.02. The van der Waals surface area contributed by atoms with Crippen LogP contribution < -0.4 is 0 Å². The number of carboxylic acids is 1. The van der Waals surface area contributed by atoms with Crippen molar-refractivity contribution in [1.82, 2.24) is 4.90 Å². The summed E-state index contributed by atoms with van der Waals surface area (Å²) in [5, 5.41) is 8.94.